The van der Waals surface area contributed by atoms with Gasteiger partial charge in [0.1, 0.15) is 0 Å². The van der Waals surface area contributed by atoms with Crippen LogP contribution < -0.4 is 0 Å². The van der Waals surface area contributed by atoms with Crippen LogP contribution in [0.2, 0.25) is 18.1 Å². The summed E-state index contributed by atoms with van der Waals surface area (Å²) in [7, 11) is -1.83. The van der Waals surface area contributed by atoms with Gasteiger partial charge in [-0.1, -0.05) is 79.2 Å². The van der Waals surface area contributed by atoms with Crippen molar-refractivity contribution in [1.82, 2.24) is 0 Å². The van der Waals surface area contributed by atoms with Crippen LogP contribution in [-0.2, 0) is 10.8 Å². The lowest BCUT2D eigenvalue weighted by molar-refractivity contribution is 0.118. The molecule has 0 saturated heterocycles. The van der Waals surface area contributed by atoms with Crippen molar-refractivity contribution < 1.29 is 4.43 Å². The standard InChI is InChI=1S/C25H35BrOSi/c1-25(2,3)28(4,5)27-24(21-9-7-6-8-10-21)22-14-11-20(18-22)17-19-12-15-23(26)16-13-19/h6-10,12-13,15-16,20,22,24H,11,14,17-18H2,1-5H3/t20-,22-,24+/m0/s1. The molecule has 3 heteroatoms. The van der Waals surface area contributed by atoms with Gasteiger partial charge in [-0.3, -0.25) is 0 Å². The van der Waals surface area contributed by atoms with E-state index in [0.717, 1.165) is 10.4 Å². The zero-order valence-electron chi connectivity index (χ0n) is 18.0. The van der Waals surface area contributed by atoms with Crippen molar-refractivity contribution in [2.24, 2.45) is 11.8 Å². The molecule has 3 atom stereocenters. The zero-order chi connectivity index (χ0) is 20.4. The van der Waals surface area contributed by atoms with E-state index >= 15 is 0 Å². The lowest BCUT2D eigenvalue weighted by Gasteiger charge is -2.41. The molecule has 1 aliphatic rings. The summed E-state index contributed by atoms with van der Waals surface area (Å²) in [5.41, 5.74) is 2.82. The molecule has 0 aliphatic heterocycles. The predicted octanol–water partition coefficient (Wildman–Crippen LogP) is 8.17. The summed E-state index contributed by atoms with van der Waals surface area (Å²) < 4.78 is 8.18. The summed E-state index contributed by atoms with van der Waals surface area (Å²) in [5, 5.41) is 0.232. The minimum atomic E-state index is -1.83. The highest BCUT2D eigenvalue weighted by molar-refractivity contribution is 9.10. The third-order valence-corrected chi connectivity index (χ3v) is 11.8. The molecule has 2 aromatic rings. The molecule has 0 spiro atoms. The first-order valence-electron chi connectivity index (χ1n) is 10.6. The van der Waals surface area contributed by atoms with Gasteiger partial charge in [-0.05, 0) is 78.9 Å². The number of hydrogen-bond acceptors (Lipinski definition) is 1. The molecular formula is C25H35BrOSi. The van der Waals surface area contributed by atoms with Crippen LogP contribution in [0.3, 0.4) is 0 Å². The maximum absolute atomic E-state index is 7.02. The topological polar surface area (TPSA) is 9.23 Å². The van der Waals surface area contributed by atoms with Crippen LogP contribution in [0.4, 0.5) is 0 Å². The smallest absolute Gasteiger partial charge is 0.192 e. The van der Waals surface area contributed by atoms with E-state index in [1.807, 2.05) is 0 Å². The van der Waals surface area contributed by atoms with Gasteiger partial charge < -0.3 is 4.43 Å². The van der Waals surface area contributed by atoms with E-state index in [9.17, 15) is 0 Å². The minimum absolute atomic E-state index is 0.232. The van der Waals surface area contributed by atoms with Gasteiger partial charge in [-0.15, -0.1) is 0 Å². The van der Waals surface area contributed by atoms with Gasteiger partial charge in [-0.25, -0.2) is 0 Å². The zero-order valence-corrected chi connectivity index (χ0v) is 20.6. The largest absolute Gasteiger partial charge is 0.410 e. The second-order valence-corrected chi connectivity index (χ2v) is 15.7. The van der Waals surface area contributed by atoms with E-state index in [1.165, 1.54) is 36.8 Å². The molecule has 1 saturated carbocycles. The maximum Gasteiger partial charge on any atom is 0.192 e. The van der Waals surface area contributed by atoms with Gasteiger partial charge in [0.15, 0.2) is 8.32 Å². The molecule has 0 aromatic heterocycles. The Balaban J connectivity index is 1.75. The van der Waals surface area contributed by atoms with Gasteiger partial charge in [0.05, 0.1) is 6.10 Å². The van der Waals surface area contributed by atoms with Crippen molar-refractivity contribution >= 4 is 24.2 Å². The molecule has 0 N–H and O–H groups in total. The van der Waals surface area contributed by atoms with Crippen LogP contribution in [0.25, 0.3) is 0 Å². The number of halogens is 1. The van der Waals surface area contributed by atoms with Gasteiger partial charge in [0, 0.05) is 4.47 Å². The molecule has 152 valence electrons. The van der Waals surface area contributed by atoms with Crippen LogP contribution in [0.5, 0.6) is 0 Å². The normalized spacial score (nSPS) is 21.6. The highest BCUT2D eigenvalue weighted by Gasteiger charge is 2.42. The van der Waals surface area contributed by atoms with Gasteiger partial charge in [-0.2, -0.15) is 0 Å². The Morgan fingerprint density at radius 2 is 1.64 bits per heavy atom. The molecule has 0 radical (unpaired) electrons. The first-order valence-corrected chi connectivity index (χ1v) is 14.3. The quantitative estimate of drug-likeness (QED) is 0.396. The summed E-state index contributed by atoms with van der Waals surface area (Å²) in [5.74, 6) is 1.39. The van der Waals surface area contributed by atoms with Crippen molar-refractivity contribution in [2.75, 3.05) is 0 Å². The molecule has 0 heterocycles. The van der Waals surface area contributed by atoms with E-state index in [2.05, 4.69) is 104 Å². The molecule has 0 amide bonds. The molecular weight excluding hydrogens is 424 g/mol. The molecule has 28 heavy (non-hydrogen) atoms. The van der Waals surface area contributed by atoms with Crippen molar-refractivity contribution in [2.45, 2.75) is 70.7 Å². The third kappa shape index (κ3) is 5.37. The van der Waals surface area contributed by atoms with Gasteiger partial charge in [0.25, 0.3) is 0 Å². The summed E-state index contributed by atoms with van der Waals surface area (Å²) in [6, 6.07) is 19.8. The van der Waals surface area contributed by atoms with E-state index in [1.54, 1.807) is 0 Å². The van der Waals surface area contributed by atoms with Crippen LogP contribution in [0.1, 0.15) is 57.3 Å². The molecule has 0 unspecified atom stereocenters. The predicted molar refractivity (Wildman–Crippen MR) is 126 cm³/mol. The summed E-state index contributed by atoms with van der Waals surface area (Å²) in [6.07, 6.45) is 5.27. The molecule has 1 fully saturated rings. The fourth-order valence-corrected chi connectivity index (χ4v) is 5.68. The summed E-state index contributed by atoms with van der Waals surface area (Å²) in [6.45, 7) is 11.8. The fraction of sp³-hybridized carbons (Fsp3) is 0.520. The Morgan fingerprint density at radius 1 is 1.00 bits per heavy atom. The molecule has 0 bridgehead atoms. The average molecular weight is 460 g/mol. The van der Waals surface area contributed by atoms with Crippen molar-refractivity contribution in [3.05, 3.63) is 70.2 Å². The second-order valence-electron chi connectivity index (χ2n) is 9.98. The minimum Gasteiger partial charge on any atom is -0.410 e. The third-order valence-electron chi connectivity index (χ3n) is 6.80. The molecule has 3 rings (SSSR count). The second kappa shape index (κ2) is 8.85. The van der Waals surface area contributed by atoms with Gasteiger partial charge >= 0.3 is 0 Å². The summed E-state index contributed by atoms with van der Waals surface area (Å²) >= 11 is 3.54. The average Bonchev–Trinajstić information content (AvgIpc) is 3.10. The van der Waals surface area contributed by atoms with Crippen molar-refractivity contribution in [3.63, 3.8) is 0 Å². The number of rotatable bonds is 6. The van der Waals surface area contributed by atoms with Gasteiger partial charge in [0.2, 0.25) is 0 Å². The van der Waals surface area contributed by atoms with E-state index in [0.29, 0.717) is 5.92 Å². The van der Waals surface area contributed by atoms with Crippen molar-refractivity contribution in [1.29, 1.82) is 0 Å². The first kappa shape index (κ1) is 21.8. The van der Waals surface area contributed by atoms with Crippen LogP contribution >= 0.6 is 15.9 Å². The highest BCUT2D eigenvalue weighted by Crippen LogP contribution is 2.47. The van der Waals surface area contributed by atoms with E-state index in [4.69, 9.17) is 4.43 Å². The number of benzene rings is 2. The van der Waals surface area contributed by atoms with Crippen LogP contribution in [-0.4, -0.2) is 8.32 Å². The first-order chi connectivity index (χ1) is 13.2. The Morgan fingerprint density at radius 3 is 2.25 bits per heavy atom. The lowest BCUT2D eigenvalue weighted by atomic mass is 9.91. The van der Waals surface area contributed by atoms with E-state index < -0.39 is 8.32 Å². The fourth-order valence-electron chi connectivity index (χ4n) is 4.10. The Bertz CT molecular complexity index is 748. The Kier molecular flexibility index (Phi) is 6.89. The molecule has 2 aromatic carbocycles. The number of hydrogen-bond donors (Lipinski definition) is 0. The monoisotopic (exact) mass is 458 g/mol. The van der Waals surface area contributed by atoms with E-state index in [-0.39, 0.29) is 11.1 Å². The SMILES string of the molecule is CC(C)(C)[Si](C)(C)O[C@H](c1ccccc1)[C@H]1CC[C@@H](Cc2ccc(Br)cc2)C1. The molecule has 1 nitrogen and oxygen atoms in total. The van der Waals surface area contributed by atoms with Crippen molar-refractivity contribution in [3.8, 4) is 0 Å². The Labute approximate surface area is 181 Å². The van der Waals surface area contributed by atoms with Crippen LogP contribution in [0.15, 0.2) is 59.1 Å². The summed E-state index contributed by atoms with van der Waals surface area (Å²) in [4.78, 5) is 0. The Hall–Kier alpha value is -0.903. The maximum atomic E-state index is 7.02. The lowest BCUT2D eigenvalue weighted by Crippen LogP contribution is -2.43. The van der Waals surface area contributed by atoms with Crippen LogP contribution in [0, 0.1) is 11.8 Å². The highest BCUT2D eigenvalue weighted by atomic mass is 79.9. The molecule has 1 aliphatic carbocycles.